The third-order valence-electron chi connectivity index (χ3n) is 6.25. The molecule has 1 saturated heterocycles. The van der Waals surface area contributed by atoms with E-state index in [1.165, 1.54) is 0 Å². The van der Waals surface area contributed by atoms with Crippen LogP contribution in [0.4, 0.5) is 11.5 Å². The van der Waals surface area contributed by atoms with Crippen LogP contribution < -0.4 is 24.8 Å². The molecular weight excluding hydrogens is 474 g/mol. The van der Waals surface area contributed by atoms with Gasteiger partial charge in [-0.3, -0.25) is 14.8 Å². The Bertz CT molecular complexity index is 1150. The molecule has 3 N–H and O–H groups in total. The lowest BCUT2D eigenvalue weighted by Gasteiger charge is -2.26. The number of morpholine rings is 1. The van der Waals surface area contributed by atoms with E-state index in [2.05, 4.69) is 25.7 Å². The minimum absolute atomic E-state index is 0.250. The van der Waals surface area contributed by atoms with Crippen molar-refractivity contribution < 1.29 is 23.7 Å². The van der Waals surface area contributed by atoms with Crippen LogP contribution in [0.3, 0.4) is 0 Å². The summed E-state index contributed by atoms with van der Waals surface area (Å²) in [6, 6.07) is 13.1. The summed E-state index contributed by atoms with van der Waals surface area (Å²) >= 11 is 0. The van der Waals surface area contributed by atoms with Crippen LogP contribution in [0.1, 0.15) is 21.6 Å². The van der Waals surface area contributed by atoms with Crippen LogP contribution in [0.5, 0.6) is 17.2 Å². The number of carbonyl (C=O) groups is 1. The van der Waals surface area contributed by atoms with E-state index >= 15 is 0 Å². The SMILES string of the molecule is CNc1cc(OCCN2CCOCC2)ccc1C(=O)Nc1cc(CCc2cc(OC)cc(OC)c2)[nH]n1. The number of nitrogens with one attached hydrogen (secondary N) is 3. The first-order valence-electron chi connectivity index (χ1n) is 12.4. The van der Waals surface area contributed by atoms with Crippen molar-refractivity contribution in [3.8, 4) is 17.2 Å². The Morgan fingerprint density at radius 2 is 1.78 bits per heavy atom. The Morgan fingerprint density at radius 1 is 1.03 bits per heavy atom. The highest BCUT2D eigenvalue weighted by atomic mass is 16.5. The van der Waals surface area contributed by atoms with Crippen LogP contribution in [0.15, 0.2) is 42.5 Å². The van der Waals surface area contributed by atoms with Crippen LogP contribution in [0, 0.1) is 0 Å². The predicted octanol–water partition coefficient (Wildman–Crippen LogP) is 3.22. The fourth-order valence-corrected chi connectivity index (χ4v) is 4.16. The molecule has 1 aliphatic rings. The number of aromatic nitrogens is 2. The van der Waals surface area contributed by atoms with Crippen molar-refractivity contribution in [2.75, 3.05) is 71.4 Å². The Labute approximate surface area is 217 Å². The maximum Gasteiger partial charge on any atom is 0.258 e. The van der Waals surface area contributed by atoms with Crippen molar-refractivity contribution in [1.29, 1.82) is 0 Å². The summed E-state index contributed by atoms with van der Waals surface area (Å²) in [6.07, 6.45) is 1.48. The summed E-state index contributed by atoms with van der Waals surface area (Å²) in [7, 11) is 5.05. The Kier molecular flexibility index (Phi) is 9.23. The molecule has 1 amide bonds. The monoisotopic (exact) mass is 509 g/mol. The normalized spacial score (nSPS) is 13.7. The third kappa shape index (κ3) is 7.37. The summed E-state index contributed by atoms with van der Waals surface area (Å²) in [5.41, 5.74) is 3.19. The first-order valence-corrected chi connectivity index (χ1v) is 12.4. The minimum atomic E-state index is -0.250. The number of benzene rings is 2. The molecule has 0 spiro atoms. The van der Waals surface area contributed by atoms with Crippen molar-refractivity contribution in [2.45, 2.75) is 12.8 Å². The highest BCUT2D eigenvalue weighted by Crippen LogP contribution is 2.25. The van der Waals surface area contributed by atoms with E-state index in [1.54, 1.807) is 27.3 Å². The smallest absolute Gasteiger partial charge is 0.258 e. The van der Waals surface area contributed by atoms with E-state index in [4.69, 9.17) is 18.9 Å². The maximum absolute atomic E-state index is 13.0. The maximum atomic E-state index is 13.0. The zero-order chi connectivity index (χ0) is 26.0. The lowest BCUT2D eigenvalue weighted by atomic mass is 10.1. The first-order chi connectivity index (χ1) is 18.1. The van der Waals surface area contributed by atoms with Gasteiger partial charge >= 0.3 is 0 Å². The van der Waals surface area contributed by atoms with Crippen LogP contribution in [0.2, 0.25) is 0 Å². The number of nitrogens with zero attached hydrogens (tertiary/aromatic N) is 2. The number of rotatable bonds is 12. The number of anilines is 2. The van der Waals surface area contributed by atoms with Gasteiger partial charge in [0.1, 0.15) is 23.9 Å². The molecule has 0 aliphatic carbocycles. The van der Waals surface area contributed by atoms with Gasteiger partial charge in [-0.1, -0.05) is 0 Å². The topological polar surface area (TPSA) is 110 Å². The number of carbonyl (C=O) groups excluding carboxylic acids is 1. The number of aromatic amines is 1. The second kappa shape index (κ2) is 13.0. The minimum Gasteiger partial charge on any atom is -0.497 e. The Hall–Kier alpha value is -3.76. The molecule has 2 aromatic carbocycles. The highest BCUT2D eigenvalue weighted by molar-refractivity contribution is 6.07. The van der Waals surface area contributed by atoms with Gasteiger partial charge in [-0.25, -0.2) is 0 Å². The number of methoxy groups -OCH3 is 2. The summed E-state index contributed by atoms with van der Waals surface area (Å²) < 4.78 is 22.0. The Morgan fingerprint density at radius 3 is 2.49 bits per heavy atom. The molecule has 0 unspecified atom stereocenters. The zero-order valence-electron chi connectivity index (χ0n) is 21.6. The molecule has 10 nitrogen and oxygen atoms in total. The van der Waals surface area contributed by atoms with E-state index in [0.717, 1.165) is 68.4 Å². The zero-order valence-corrected chi connectivity index (χ0v) is 21.6. The van der Waals surface area contributed by atoms with Gasteiger partial charge in [0.15, 0.2) is 5.82 Å². The number of amides is 1. The molecule has 2 heterocycles. The van der Waals surface area contributed by atoms with E-state index in [-0.39, 0.29) is 5.91 Å². The lowest BCUT2D eigenvalue weighted by Crippen LogP contribution is -2.38. The van der Waals surface area contributed by atoms with Crippen molar-refractivity contribution >= 4 is 17.4 Å². The van der Waals surface area contributed by atoms with E-state index in [1.807, 2.05) is 36.4 Å². The second-order valence-electron chi connectivity index (χ2n) is 8.71. The number of aryl methyl sites for hydroxylation is 2. The van der Waals surface area contributed by atoms with Crippen LogP contribution in [0.25, 0.3) is 0 Å². The molecule has 10 heteroatoms. The number of hydrogen-bond acceptors (Lipinski definition) is 8. The first kappa shape index (κ1) is 26.3. The second-order valence-corrected chi connectivity index (χ2v) is 8.71. The van der Waals surface area contributed by atoms with Gasteiger partial charge < -0.3 is 29.6 Å². The summed E-state index contributed by atoms with van der Waals surface area (Å²) in [4.78, 5) is 15.3. The van der Waals surface area contributed by atoms with Crippen molar-refractivity contribution in [2.24, 2.45) is 0 Å². The van der Waals surface area contributed by atoms with Gasteiger partial charge in [-0.2, -0.15) is 5.10 Å². The standard InChI is InChI=1S/C27H35N5O5/c1-28-25-18-21(37-13-10-32-8-11-36-12-9-32)6-7-24(25)27(33)29-26-16-20(30-31-26)5-4-19-14-22(34-2)17-23(15-19)35-3/h6-7,14-18,28H,4-5,8-13H2,1-3H3,(H2,29,30,31,33). The van der Waals surface area contributed by atoms with Gasteiger partial charge in [0.05, 0.1) is 38.7 Å². The molecule has 3 aromatic rings. The average molecular weight is 510 g/mol. The van der Waals surface area contributed by atoms with Crippen LogP contribution in [-0.4, -0.2) is 81.7 Å². The van der Waals surface area contributed by atoms with Crippen molar-refractivity contribution in [1.82, 2.24) is 15.1 Å². The molecule has 1 aromatic heterocycles. The lowest BCUT2D eigenvalue weighted by molar-refractivity contribution is 0.0322. The number of hydrogen-bond donors (Lipinski definition) is 3. The fraction of sp³-hybridized carbons (Fsp3) is 0.407. The van der Waals surface area contributed by atoms with Gasteiger partial charge in [0, 0.05) is 50.6 Å². The van der Waals surface area contributed by atoms with Gasteiger partial charge in [0.25, 0.3) is 5.91 Å². The molecule has 198 valence electrons. The molecule has 0 saturated carbocycles. The van der Waals surface area contributed by atoms with Gasteiger partial charge in [-0.05, 0) is 42.7 Å². The molecule has 4 rings (SSSR count). The molecule has 0 radical (unpaired) electrons. The fourth-order valence-electron chi connectivity index (χ4n) is 4.16. The molecular formula is C27H35N5O5. The van der Waals surface area contributed by atoms with Gasteiger partial charge in [0.2, 0.25) is 0 Å². The third-order valence-corrected chi connectivity index (χ3v) is 6.25. The average Bonchev–Trinajstić information content (AvgIpc) is 3.39. The van der Waals surface area contributed by atoms with E-state index < -0.39 is 0 Å². The van der Waals surface area contributed by atoms with Crippen molar-refractivity contribution in [3.63, 3.8) is 0 Å². The van der Waals surface area contributed by atoms with Crippen molar-refractivity contribution in [3.05, 3.63) is 59.3 Å². The van der Waals surface area contributed by atoms with Crippen LogP contribution in [-0.2, 0) is 17.6 Å². The summed E-state index contributed by atoms with van der Waals surface area (Å²) in [6.45, 7) is 4.80. The number of ether oxygens (including phenoxy) is 4. The quantitative estimate of drug-likeness (QED) is 0.342. The summed E-state index contributed by atoms with van der Waals surface area (Å²) in [5, 5.41) is 13.2. The van der Waals surface area contributed by atoms with Gasteiger partial charge in [-0.15, -0.1) is 0 Å². The van der Waals surface area contributed by atoms with E-state index in [0.29, 0.717) is 29.4 Å². The highest BCUT2D eigenvalue weighted by Gasteiger charge is 2.15. The predicted molar refractivity (Wildman–Crippen MR) is 142 cm³/mol. The molecule has 1 aliphatic heterocycles. The molecule has 37 heavy (non-hydrogen) atoms. The molecule has 0 atom stereocenters. The Balaban J connectivity index is 1.31. The molecule has 1 fully saturated rings. The van der Waals surface area contributed by atoms with E-state index in [9.17, 15) is 4.79 Å². The number of H-pyrrole nitrogens is 1. The summed E-state index contributed by atoms with van der Waals surface area (Å²) in [5.74, 6) is 2.43. The largest absolute Gasteiger partial charge is 0.497 e. The van der Waals surface area contributed by atoms with Crippen LogP contribution >= 0.6 is 0 Å². The molecule has 0 bridgehead atoms.